The molecule has 0 saturated heterocycles. The lowest BCUT2D eigenvalue weighted by molar-refractivity contribution is 1.09. The third-order valence-corrected chi connectivity index (χ3v) is 0. The molecular formula is C6H17N. The quantitative estimate of drug-likeness (QED) is 0.465. The van der Waals surface area contributed by atoms with Crippen molar-refractivity contribution in [3.8, 4) is 0 Å². The SMILES string of the molecule is C=C.CCC.CN. The van der Waals surface area contributed by atoms with E-state index in [4.69, 9.17) is 0 Å². The zero-order valence-electron chi connectivity index (χ0n) is 5.70. The maximum Gasteiger partial charge on any atom is -0.0195 e. The van der Waals surface area contributed by atoms with Crippen LogP contribution in [0.1, 0.15) is 20.3 Å². The van der Waals surface area contributed by atoms with Gasteiger partial charge in [-0.25, -0.2) is 0 Å². The molecule has 0 saturated carbocycles. The Kier molecular flexibility index (Phi) is 584. The Morgan fingerprint density at radius 2 is 1.14 bits per heavy atom. The fourth-order valence-corrected chi connectivity index (χ4v) is 0. The minimum Gasteiger partial charge on any atom is -0.333 e. The predicted octanol–water partition coefficient (Wildman–Crippen LogP) is 1.79. The van der Waals surface area contributed by atoms with Gasteiger partial charge in [-0.3, -0.25) is 0 Å². The van der Waals surface area contributed by atoms with Gasteiger partial charge in [-0.1, -0.05) is 20.3 Å². The Labute approximate surface area is 47.2 Å². The van der Waals surface area contributed by atoms with Crippen LogP contribution in [-0.4, -0.2) is 7.05 Å². The van der Waals surface area contributed by atoms with Crippen molar-refractivity contribution in [3.05, 3.63) is 13.2 Å². The highest BCUT2D eigenvalue weighted by atomic mass is 14.4. The molecule has 0 fully saturated rings. The van der Waals surface area contributed by atoms with Crippen molar-refractivity contribution in [2.24, 2.45) is 5.73 Å². The maximum atomic E-state index is 4.50. The van der Waals surface area contributed by atoms with Crippen LogP contribution in [0.25, 0.3) is 0 Å². The van der Waals surface area contributed by atoms with Crippen LogP contribution in [0.3, 0.4) is 0 Å². The van der Waals surface area contributed by atoms with Gasteiger partial charge in [-0.05, 0) is 7.05 Å². The van der Waals surface area contributed by atoms with Crippen LogP contribution < -0.4 is 5.73 Å². The first-order valence-corrected chi connectivity index (χ1v) is 2.49. The van der Waals surface area contributed by atoms with E-state index in [1.807, 2.05) is 0 Å². The van der Waals surface area contributed by atoms with Crippen molar-refractivity contribution in [2.75, 3.05) is 7.05 Å². The summed E-state index contributed by atoms with van der Waals surface area (Å²) in [5, 5.41) is 0. The zero-order valence-corrected chi connectivity index (χ0v) is 5.70. The second-order valence-electron chi connectivity index (χ2n) is 0.707. The monoisotopic (exact) mass is 103 g/mol. The van der Waals surface area contributed by atoms with E-state index in [-0.39, 0.29) is 0 Å². The van der Waals surface area contributed by atoms with Crippen LogP contribution in [0, 0.1) is 0 Å². The largest absolute Gasteiger partial charge is 0.333 e. The van der Waals surface area contributed by atoms with Gasteiger partial charge in [-0.15, -0.1) is 13.2 Å². The molecule has 1 nitrogen and oxygen atoms in total. The highest BCUT2D eigenvalue weighted by Crippen LogP contribution is 1.56. The lowest BCUT2D eigenvalue weighted by atomic mass is 10.6. The second-order valence-corrected chi connectivity index (χ2v) is 0.707. The fraction of sp³-hybridized carbons (Fsp3) is 0.667. The molecule has 0 rings (SSSR count). The van der Waals surface area contributed by atoms with Crippen LogP contribution in [0.15, 0.2) is 13.2 Å². The number of hydrogen-bond donors (Lipinski definition) is 1. The molecule has 0 unspecified atom stereocenters. The topological polar surface area (TPSA) is 26.0 Å². The zero-order chi connectivity index (χ0) is 6.71. The minimum absolute atomic E-state index is 1.25. The van der Waals surface area contributed by atoms with Crippen molar-refractivity contribution in [2.45, 2.75) is 20.3 Å². The van der Waals surface area contributed by atoms with Crippen LogP contribution in [0.5, 0.6) is 0 Å². The summed E-state index contributed by atoms with van der Waals surface area (Å²) in [5.74, 6) is 0. The minimum atomic E-state index is 1.25. The predicted molar refractivity (Wildman–Crippen MR) is 37.3 cm³/mol. The van der Waals surface area contributed by atoms with E-state index in [2.05, 4.69) is 32.7 Å². The molecule has 0 atom stereocenters. The molecule has 7 heavy (non-hydrogen) atoms. The Bertz CT molecular complexity index is 8.14. The van der Waals surface area contributed by atoms with Crippen LogP contribution >= 0.6 is 0 Å². The Morgan fingerprint density at radius 1 is 1.14 bits per heavy atom. The summed E-state index contributed by atoms with van der Waals surface area (Å²) in [7, 11) is 1.50. The van der Waals surface area contributed by atoms with Gasteiger partial charge >= 0.3 is 0 Å². The highest BCUT2D eigenvalue weighted by molar-refractivity contribution is 4.22. The number of rotatable bonds is 0. The van der Waals surface area contributed by atoms with Crippen molar-refractivity contribution in [3.63, 3.8) is 0 Å². The third-order valence-electron chi connectivity index (χ3n) is 0. The summed E-state index contributed by atoms with van der Waals surface area (Å²) in [6.07, 6.45) is 1.25. The van der Waals surface area contributed by atoms with Gasteiger partial charge in [0.2, 0.25) is 0 Å². The van der Waals surface area contributed by atoms with Gasteiger partial charge in [0.15, 0.2) is 0 Å². The molecule has 0 spiro atoms. The van der Waals surface area contributed by atoms with Crippen LogP contribution in [-0.2, 0) is 0 Å². The molecule has 0 bridgehead atoms. The van der Waals surface area contributed by atoms with E-state index in [9.17, 15) is 0 Å². The smallest absolute Gasteiger partial charge is 0.0195 e. The number of nitrogens with two attached hydrogens (primary N) is 1. The molecule has 0 aromatic carbocycles. The molecule has 0 radical (unpaired) electrons. The van der Waals surface area contributed by atoms with Gasteiger partial charge in [0.25, 0.3) is 0 Å². The van der Waals surface area contributed by atoms with E-state index in [0.717, 1.165) is 0 Å². The van der Waals surface area contributed by atoms with Crippen LogP contribution in [0.2, 0.25) is 0 Å². The van der Waals surface area contributed by atoms with Crippen molar-refractivity contribution >= 4 is 0 Å². The Hall–Kier alpha value is -0.300. The molecule has 46 valence electrons. The summed E-state index contributed by atoms with van der Waals surface area (Å²) < 4.78 is 0. The molecule has 0 aliphatic carbocycles. The summed E-state index contributed by atoms with van der Waals surface area (Å²) in [4.78, 5) is 0. The molecule has 0 aromatic rings. The van der Waals surface area contributed by atoms with Gasteiger partial charge in [0, 0.05) is 0 Å². The average Bonchev–Trinajstić information content (AvgIpc) is 1.78. The van der Waals surface area contributed by atoms with Crippen molar-refractivity contribution in [1.82, 2.24) is 0 Å². The Balaban J connectivity index is -0.0000000360. The third kappa shape index (κ3) is 867. The maximum absolute atomic E-state index is 4.50. The van der Waals surface area contributed by atoms with Gasteiger partial charge in [0.1, 0.15) is 0 Å². The van der Waals surface area contributed by atoms with Crippen molar-refractivity contribution in [1.29, 1.82) is 0 Å². The molecule has 0 heterocycles. The van der Waals surface area contributed by atoms with E-state index >= 15 is 0 Å². The fourth-order valence-electron chi connectivity index (χ4n) is 0. The molecular weight excluding hydrogens is 86.1 g/mol. The molecule has 0 aliphatic heterocycles. The highest BCUT2D eigenvalue weighted by Gasteiger charge is 1.35. The van der Waals surface area contributed by atoms with Crippen LogP contribution in [0.4, 0.5) is 0 Å². The Morgan fingerprint density at radius 3 is 1.14 bits per heavy atom. The second kappa shape index (κ2) is 257. The molecule has 0 aliphatic rings. The average molecular weight is 103 g/mol. The normalized spacial score (nSPS) is 4.00. The van der Waals surface area contributed by atoms with Gasteiger partial charge in [-0.2, -0.15) is 0 Å². The summed E-state index contributed by atoms with van der Waals surface area (Å²) in [5.41, 5.74) is 4.50. The molecule has 0 amide bonds. The van der Waals surface area contributed by atoms with E-state index in [1.165, 1.54) is 13.5 Å². The summed E-state index contributed by atoms with van der Waals surface area (Å²) in [6, 6.07) is 0. The van der Waals surface area contributed by atoms with E-state index in [1.54, 1.807) is 0 Å². The van der Waals surface area contributed by atoms with Gasteiger partial charge < -0.3 is 5.73 Å². The number of hydrogen-bond acceptors (Lipinski definition) is 1. The first-order chi connectivity index (χ1) is 3.41. The standard InChI is InChI=1S/C3H8.C2H4.CH5N/c1-3-2;2*1-2/h3H2,1-2H3;1-2H2;2H2,1H3. The van der Waals surface area contributed by atoms with Gasteiger partial charge in [0.05, 0.1) is 0 Å². The van der Waals surface area contributed by atoms with E-state index in [0.29, 0.717) is 0 Å². The lowest BCUT2D eigenvalue weighted by Gasteiger charge is -1.48. The summed E-state index contributed by atoms with van der Waals surface area (Å²) in [6.45, 7) is 10.2. The molecule has 1 heteroatoms. The first-order valence-electron chi connectivity index (χ1n) is 2.49. The summed E-state index contributed by atoms with van der Waals surface area (Å²) >= 11 is 0. The molecule has 2 N–H and O–H groups in total. The molecule has 0 aromatic heterocycles. The first kappa shape index (κ1) is 15.9. The van der Waals surface area contributed by atoms with E-state index < -0.39 is 0 Å². The lowest BCUT2D eigenvalue weighted by Crippen LogP contribution is -1.69. The van der Waals surface area contributed by atoms with Crippen molar-refractivity contribution < 1.29 is 0 Å².